The molecular weight excluding hydrogens is 417 g/mol. The lowest BCUT2D eigenvalue weighted by atomic mass is 10.1. The van der Waals surface area contributed by atoms with Gasteiger partial charge >= 0.3 is 8.60 Å². The lowest BCUT2D eigenvalue weighted by Crippen LogP contribution is -2.18. The van der Waals surface area contributed by atoms with Gasteiger partial charge in [-0.15, -0.1) is 0 Å². The van der Waals surface area contributed by atoms with Crippen LogP contribution in [0.15, 0.2) is 12.3 Å². The normalized spacial score (nSPS) is 14.8. The van der Waals surface area contributed by atoms with Gasteiger partial charge in [0.15, 0.2) is 24.7 Å². The molecule has 31 heavy (non-hydrogen) atoms. The third-order valence-electron chi connectivity index (χ3n) is 4.97. The molecule has 1 heterocycles. The quantitative estimate of drug-likeness (QED) is 0.143. The number of allylic oxidation sites excluding steroid dienone is 1. The van der Waals surface area contributed by atoms with Crippen LogP contribution in [0.4, 0.5) is 0 Å². The summed E-state index contributed by atoms with van der Waals surface area (Å²) in [6, 6.07) is 0. The first-order valence-corrected chi connectivity index (χ1v) is 13.1. The van der Waals surface area contributed by atoms with Gasteiger partial charge < -0.3 is 23.4 Å². The molecule has 7 nitrogen and oxygen atoms in total. The summed E-state index contributed by atoms with van der Waals surface area (Å²) in [7, 11) is -1.90. The second-order valence-electron chi connectivity index (χ2n) is 7.72. The molecule has 0 saturated carbocycles. The number of nitrogens with zero attached hydrogens (tertiary/aromatic N) is 1. The Morgan fingerprint density at radius 1 is 0.839 bits per heavy atom. The molecule has 0 aromatic rings. The highest BCUT2D eigenvalue weighted by atomic mass is 31.2. The Bertz CT molecular complexity index is 500. The van der Waals surface area contributed by atoms with Crippen molar-refractivity contribution in [3.63, 3.8) is 0 Å². The minimum atomic E-state index is -1.90. The number of carbonyl (C=O) groups excluding carboxylic acids is 1. The van der Waals surface area contributed by atoms with Crippen LogP contribution < -0.4 is 0 Å². The van der Waals surface area contributed by atoms with E-state index in [2.05, 4.69) is 6.92 Å². The predicted molar refractivity (Wildman–Crippen MR) is 124 cm³/mol. The maximum Gasteiger partial charge on any atom is 0.330 e. The van der Waals surface area contributed by atoms with E-state index in [0.717, 1.165) is 13.0 Å². The molecule has 0 amide bonds. The van der Waals surface area contributed by atoms with Crippen LogP contribution in [-0.2, 0) is 23.3 Å². The van der Waals surface area contributed by atoms with Gasteiger partial charge in [-0.3, -0.25) is 4.79 Å². The summed E-state index contributed by atoms with van der Waals surface area (Å²) in [5, 5.41) is 0. The number of hydrogen-bond donors (Lipinski definition) is 1. The number of carbonyl (C=O) groups is 1. The maximum atomic E-state index is 11.1. The Hall–Kier alpha value is -0.690. The summed E-state index contributed by atoms with van der Waals surface area (Å²) in [5.74, 6) is 0.0918. The summed E-state index contributed by atoms with van der Waals surface area (Å²) < 4.78 is 23.3. The Labute approximate surface area is 189 Å². The van der Waals surface area contributed by atoms with Crippen LogP contribution in [0.25, 0.3) is 0 Å². The van der Waals surface area contributed by atoms with E-state index in [1.165, 1.54) is 63.9 Å². The molecule has 0 aromatic carbocycles. The molecule has 0 aliphatic carbocycles. The second kappa shape index (κ2) is 21.2. The van der Waals surface area contributed by atoms with Gasteiger partial charge in [0.2, 0.25) is 0 Å². The van der Waals surface area contributed by atoms with Gasteiger partial charge in [0.25, 0.3) is 0 Å². The van der Waals surface area contributed by atoms with Gasteiger partial charge in [-0.25, -0.2) is 4.58 Å². The molecule has 1 atom stereocenters. The lowest BCUT2D eigenvalue weighted by molar-refractivity contribution is -0.456. The van der Waals surface area contributed by atoms with Crippen LogP contribution >= 0.6 is 8.60 Å². The Morgan fingerprint density at radius 3 is 2.06 bits per heavy atom. The van der Waals surface area contributed by atoms with Gasteiger partial charge in [-0.2, -0.15) is 0 Å². The molecule has 1 rings (SSSR count). The van der Waals surface area contributed by atoms with Crippen molar-refractivity contribution in [2.75, 3.05) is 46.2 Å². The topological polar surface area (TPSA) is 77.2 Å². The molecule has 1 aliphatic rings. The minimum absolute atomic E-state index is 0.0918. The summed E-state index contributed by atoms with van der Waals surface area (Å²) in [5.41, 5.74) is 0. The van der Waals surface area contributed by atoms with Crippen LogP contribution in [0.2, 0.25) is 0 Å². The first-order valence-electron chi connectivity index (χ1n) is 11.9. The van der Waals surface area contributed by atoms with Crippen LogP contribution in [0.3, 0.4) is 0 Å². The average Bonchev–Trinajstić information content (AvgIpc) is 2.77. The van der Waals surface area contributed by atoms with Gasteiger partial charge in [-0.05, 0) is 6.42 Å². The van der Waals surface area contributed by atoms with Crippen LogP contribution in [0, 0.1) is 0 Å². The Balaban J connectivity index is 1.74. The highest BCUT2D eigenvalue weighted by Crippen LogP contribution is 2.31. The largest absolute Gasteiger partial charge is 0.379 e. The number of hydrogen-bond acceptors (Lipinski definition) is 6. The van der Waals surface area contributed by atoms with E-state index >= 15 is 0 Å². The second-order valence-corrected chi connectivity index (χ2v) is 8.71. The third kappa shape index (κ3) is 18.6. The van der Waals surface area contributed by atoms with Gasteiger partial charge in [0, 0.05) is 12.7 Å². The van der Waals surface area contributed by atoms with Crippen molar-refractivity contribution in [3.8, 4) is 0 Å². The van der Waals surface area contributed by atoms with Crippen LogP contribution in [0.5, 0.6) is 0 Å². The average molecular weight is 461 g/mol. The Morgan fingerprint density at radius 2 is 1.42 bits per heavy atom. The molecular formula is C23H43NO6P+. The van der Waals surface area contributed by atoms with Crippen molar-refractivity contribution in [2.45, 2.75) is 77.6 Å². The van der Waals surface area contributed by atoms with Crippen molar-refractivity contribution >= 4 is 20.6 Å². The maximum absolute atomic E-state index is 11.1. The smallest absolute Gasteiger partial charge is 0.330 e. The number of ether oxygens (including phenoxy) is 2. The SMILES string of the molecule is CCCCCCCCCCCCOCCOCCOP(O)OCC[N+]1=CCC(=O)C=C1. The molecule has 1 aliphatic heterocycles. The molecule has 0 spiro atoms. The van der Waals surface area contributed by atoms with Crippen LogP contribution in [-0.4, -0.2) is 67.7 Å². The monoisotopic (exact) mass is 460 g/mol. The summed E-state index contributed by atoms with van der Waals surface area (Å²) in [6.45, 7) is 5.74. The van der Waals surface area contributed by atoms with E-state index in [0.29, 0.717) is 39.4 Å². The predicted octanol–water partition coefficient (Wildman–Crippen LogP) is 4.76. The fraction of sp³-hybridized carbons (Fsp3) is 0.826. The van der Waals surface area contributed by atoms with Crippen molar-refractivity contribution in [2.24, 2.45) is 0 Å². The molecule has 1 N–H and O–H groups in total. The molecule has 0 radical (unpaired) electrons. The standard InChI is InChI=1S/C23H43NO6P/c1-2-3-4-5-6-7-8-9-10-11-17-27-19-20-28-21-22-30-31(26)29-18-16-24-14-12-23(25)13-15-24/h12,14-15,26H,2-11,13,16-22H2,1H3/q+1. The van der Waals surface area contributed by atoms with E-state index in [1.54, 1.807) is 12.4 Å². The van der Waals surface area contributed by atoms with Crippen molar-refractivity contribution in [1.29, 1.82) is 0 Å². The van der Waals surface area contributed by atoms with Crippen molar-refractivity contribution in [1.82, 2.24) is 0 Å². The third-order valence-corrected chi connectivity index (χ3v) is 5.78. The summed E-state index contributed by atoms with van der Waals surface area (Å²) in [6.07, 6.45) is 18.7. The first kappa shape index (κ1) is 28.3. The number of rotatable bonds is 22. The van der Waals surface area contributed by atoms with Gasteiger partial charge in [-0.1, -0.05) is 64.7 Å². The zero-order valence-electron chi connectivity index (χ0n) is 19.3. The molecule has 1 unspecified atom stereocenters. The highest BCUT2D eigenvalue weighted by Gasteiger charge is 2.12. The zero-order chi connectivity index (χ0) is 22.4. The lowest BCUT2D eigenvalue weighted by Gasteiger charge is -2.10. The summed E-state index contributed by atoms with van der Waals surface area (Å²) >= 11 is 0. The molecule has 180 valence electrons. The molecule has 0 saturated heterocycles. The molecule has 0 aromatic heterocycles. The zero-order valence-corrected chi connectivity index (χ0v) is 20.2. The van der Waals surface area contributed by atoms with E-state index in [-0.39, 0.29) is 12.4 Å². The fourth-order valence-electron chi connectivity index (χ4n) is 3.13. The summed E-state index contributed by atoms with van der Waals surface area (Å²) in [4.78, 5) is 20.8. The Kier molecular flexibility index (Phi) is 19.4. The van der Waals surface area contributed by atoms with E-state index in [4.69, 9.17) is 18.5 Å². The van der Waals surface area contributed by atoms with Gasteiger partial charge in [0.05, 0.1) is 32.8 Å². The van der Waals surface area contributed by atoms with Crippen LogP contribution in [0.1, 0.15) is 77.6 Å². The fourth-order valence-corrected chi connectivity index (χ4v) is 3.67. The van der Waals surface area contributed by atoms with E-state index < -0.39 is 8.60 Å². The highest BCUT2D eigenvalue weighted by molar-refractivity contribution is 7.40. The van der Waals surface area contributed by atoms with Crippen molar-refractivity contribution in [3.05, 3.63) is 12.3 Å². The van der Waals surface area contributed by atoms with Gasteiger partial charge in [0.1, 0.15) is 6.61 Å². The number of ketones is 1. The molecule has 8 heteroatoms. The van der Waals surface area contributed by atoms with Crippen molar-refractivity contribution < 1.29 is 32.8 Å². The van der Waals surface area contributed by atoms with E-state index in [9.17, 15) is 9.69 Å². The van der Waals surface area contributed by atoms with E-state index in [1.807, 2.05) is 4.58 Å². The number of unbranched alkanes of at least 4 members (excludes halogenated alkanes) is 9. The molecule has 0 bridgehead atoms. The first-order chi connectivity index (χ1) is 15.2. The molecule has 0 fully saturated rings. The minimum Gasteiger partial charge on any atom is -0.379 e.